The summed E-state index contributed by atoms with van der Waals surface area (Å²) in [5.41, 5.74) is 0. The normalized spacial score (nSPS) is 12.2. The maximum Gasteiger partial charge on any atom is 0.306 e. The van der Waals surface area contributed by atoms with Gasteiger partial charge in [-0.1, -0.05) is 250 Å². The van der Waals surface area contributed by atoms with Gasteiger partial charge in [-0.2, -0.15) is 0 Å². The van der Waals surface area contributed by atoms with E-state index in [1.165, 1.54) is 161 Å². The maximum absolute atomic E-state index is 12.8. The summed E-state index contributed by atoms with van der Waals surface area (Å²) in [5.74, 6) is -0.893. The van der Waals surface area contributed by atoms with Crippen LogP contribution in [-0.4, -0.2) is 37.2 Å². The molecule has 1 atom stereocenters. The molecule has 0 amide bonds. The minimum absolute atomic E-state index is 0.0804. The van der Waals surface area contributed by atoms with Crippen LogP contribution >= 0.6 is 0 Å². The van der Waals surface area contributed by atoms with Crippen LogP contribution in [0.25, 0.3) is 0 Å². The Kier molecular flexibility index (Phi) is 51.3. The highest BCUT2D eigenvalue weighted by molar-refractivity contribution is 5.71. The van der Waals surface area contributed by atoms with Gasteiger partial charge in [0, 0.05) is 19.3 Å². The van der Waals surface area contributed by atoms with Gasteiger partial charge in [-0.05, 0) is 64.2 Å². The molecule has 6 nitrogen and oxygen atoms in total. The summed E-state index contributed by atoms with van der Waals surface area (Å²) < 4.78 is 16.8. The molecule has 0 saturated carbocycles. The fourth-order valence-electron chi connectivity index (χ4n) is 8.12. The van der Waals surface area contributed by atoms with Crippen LogP contribution in [0.2, 0.25) is 0 Å². The van der Waals surface area contributed by atoms with Crippen molar-refractivity contribution >= 4 is 17.9 Å². The van der Waals surface area contributed by atoms with Crippen LogP contribution in [0.1, 0.15) is 297 Å². The lowest BCUT2D eigenvalue weighted by atomic mass is 10.0. The highest BCUT2D eigenvalue weighted by Gasteiger charge is 2.19. The molecule has 0 aliphatic rings. The van der Waals surface area contributed by atoms with Gasteiger partial charge in [0.15, 0.2) is 6.10 Å². The van der Waals surface area contributed by atoms with E-state index >= 15 is 0 Å². The minimum atomic E-state index is -0.779. The average Bonchev–Trinajstić information content (AvgIpc) is 3.29. The molecule has 0 aromatic heterocycles. The van der Waals surface area contributed by atoms with Crippen LogP contribution < -0.4 is 0 Å². The summed E-state index contributed by atoms with van der Waals surface area (Å²) in [7, 11) is 0. The molecule has 0 aromatic rings. The first-order valence-electron chi connectivity index (χ1n) is 28.0. The molecule has 0 saturated heterocycles. The number of ether oxygens (including phenoxy) is 3. The molecule has 0 spiro atoms. The minimum Gasteiger partial charge on any atom is -0.462 e. The molecule has 0 aliphatic carbocycles. The summed E-state index contributed by atoms with van der Waals surface area (Å²) in [6.07, 6.45) is 62.8. The summed E-state index contributed by atoms with van der Waals surface area (Å²) in [5, 5.41) is 0. The van der Waals surface area contributed by atoms with Gasteiger partial charge in [-0.25, -0.2) is 0 Å². The first kappa shape index (κ1) is 61.6. The maximum atomic E-state index is 12.8. The zero-order valence-corrected chi connectivity index (χ0v) is 42.8. The molecule has 0 aromatic carbocycles. The number of allylic oxidation sites excluding steroid dienone is 6. The molecule has 0 rings (SSSR count). The molecule has 0 heterocycles. The lowest BCUT2D eigenvalue weighted by Gasteiger charge is -2.18. The van der Waals surface area contributed by atoms with Crippen molar-refractivity contribution in [2.75, 3.05) is 13.2 Å². The summed E-state index contributed by atoms with van der Waals surface area (Å²) in [6, 6.07) is 0. The molecule has 0 aliphatic heterocycles. The quantitative estimate of drug-likeness (QED) is 0.0199. The van der Waals surface area contributed by atoms with E-state index in [-0.39, 0.29) is 31.1 Å². The number of unbranched alkanes of at least 4 members (excludes halogenated alkanes) is 35. The number of hydrogen-bond donors (Lipinski definition) is 0. The second-order valence-corrected chi connectivity index (χ2v) is 18.9. The van der Waals surface area contributed by atoms with Crippen molar-refractivity contribution in [2.45, 2.75) is 303 Å². The van der Waals surface area contributed by atoms with Crippen LogP contribution in [0.4, 0.5) is 0 Å². The van der Waals surface area contributed by atoms with E-state index in [2.05, 4.69) is 57.2 Å². The van der Waals surface area contributed by atoms with E-state index in [1.54, 1.807) is 0 Å². The number of rotatable bonds is 51. The van der Waals surface area contributed by atoms with Gasteiger partial charge >= 0.3 is 17.9 Å². The van der Waals surface area contributed by atoms with Crippen molar-refractivity contribution in [2.24, 2.45) is 0 Å². The van der Waals surface area contributed by atoms with Crippen molar-refractivity contribution in [1.82, 2.24) is 0 Å². The largest absolute Gasteiger partial charge is 0.462 e. The average molecular weight is 899 g/mol. The van der Waals surface area contributed by atoms with Crippen molar-refractivity contribution in [3.8, 4) is 0 Å². The fourth-order valence-corrected chi connectivity index (χ4v) is 8.12. The smallest absolute Gasteiger partial charge is 0.306 e. The molecule has 1 unspecified atom stereocenters. The van der Waals surface area contributed by atoms with Gasteiger partial charge in [0.1, 0.15) is 13.2 Å². The zero-order chi connectivity index (χ0) is 46.5. The van der Waals surface area contributed by atoms with E-state index < -0.39 is 6.10 Å². The molecule has 0 N–H and O–H groups in total. The van der Waals surface area contributed by atoms with E-state index in [9.17, 15) is 14.4 Å². The molecule has 0 fully saturated rings. The fraction of sp³-hybridized carbons (Fsp3) is 0.845. The highest BCUT2D eigenvalue weighted by atomic mass is 16.6. The van der Waals surface area contributed by atoms with E-state index in [1.807, 2.05) is 0 Å². The third kappa shape index (κ3) is 50.6. The SMILES string of the molecule is CCCC/C=C\CCCCCCC(=O)OCC(COC(=O)CCCCCCC/C=C\C=C/CCCCCCCCC)OC(=O)CCCCCCCCCCCCCCCCCCCC. The Morgan fingerprint density at radius 2 is 0.578 bits per heavy atom. The monoisotopic (exact) mass is 899 g/mol. The van der Waals surface area contributed by atoms with Gasteiger partial charge in [0.05, 0.1) is 0 Å². The molecule has 0 radical (unpaired) electrons. The summed E-state index contributed by atoms with van der Waals surface area (Å²) in [6.45, 7) is 6.60. The molecule has 0 bridgehead atoms. The number of carbonyl (C=O) groups excluding carboxylic acids is 3. The zero-order valence-electron chi connectivity index (χ0n) is 42.8. The topological polar surface area (TPSA) is 78.9 Å². The summed E-state index contributed by atoms with van der Waals surface area (Å²) in [4.78, 5) is 38.0. The second-order valence-electron chi connectivity index (χ2n) is 18.9. The van der Waals surface area contributed by atoms with Crippen LogP contribution in [0.3, 0.4) is 0 Å². The van der Waals surface area contributed by atoms with Crippen LogP contribution in [0.15, 0.2) is 36.5 Å². The van der Waals surface area contributed by atoms with Gasteiger partial charge in [-0.15, -0.1) is 0 Å². The third-order valence-electron chi connectivity index (χ3n) is 12.4. The molecule has 374 valence electrons. The second kappa shape index (κ2) is 53.2. The predicted octanol–water partition coefficient (Wildman–Crippen LogP) is 18.5. The molecular weight excluding hydrogens is 793 g/mol. The van der Waals surface area contributed by atoms with Crippen molar-refractivity contribution in [3.05, 3.63) is 36.5 Å². The van der Waals surface area contributed by atoms with Gasteiger partial charge in [-0.3, -0.25) is 14.4 Å². The van der Waals surface area contributed by atoms with Gasteiger partial charge in [0.2, 0.25) is 0 Å². The Labute approximate surface area is 397 Å². The molecular formula is C58H106O6. The summed E-state index contributed by atoms with van der Waals surface area (Å²) >= 11 is 0. The van der Waals surface area contributed by atoms with Crippen molar-refractivity contribution < 1.29 is 28.6 Å². The highest BCUT2D eigenvalue weighted by Crippen LogP contribution is 2.16. The molecule has 64 heavy (non-hydrogen) atoms. The van der Waals surface area contributed by atoms with Crippen LogP contribution in [-0.2, 0) is 28.6 Å². The first-order chi connectivity index (χ1) is 31.5. The Morgan fingerprint density at radius 1 is 0.312 bits per heavy atom. The first-order valence-corrected chi connectivity index (χ1v) is 28.0. The Bertz CT molecular complexity index is 1080. The molecule has 6 heteroatoms. The number of esters is 3. The standard InChI is InChI=1S/C58H106O6/c1-4-7-10-13-16-19-22-24-26-28-30-32-34-36-39-42-45-48-51-57(60)63-54-55(53-62-56(59)50-47-44-41-38-21-18-15-12-9-6-3)64-58(61)52-49-46-43-40-37-35-33-31-29-27-25-23-20-17-14-11-8-5-2/h15,18,26,28,30,32,55H,4-14,16-17,19-25,27,29,31,33-54H2,1-3H3/b18-15-,28-26-,32-30-. The van der Waals surface area contributed by atoms with Gasteiger partial charge in [0.25, 0.3) is 0 Å². The van der Waals surface area contributed by atoms with Gasteiger partial charge < -0.3 is 14.2 Å². The van der Waals surface area contributed by atoms with E-state index in [0.29, 0.717) is 19.3 Å². The number of carbonyl (C=O) groups is 3. The third-order valence-corrected chi connectivity index (χ3v) is 12.4. The van der Waals surface area contributed by atoms with E-state index in [0.717, 1.165) is 96.3 Å². The number of hydrogen-bond acceptors (Lipinski definition) is 6. The predicted molar refractivity (Wildman–Crippen MR) is 275 cm³/mol. The Balaban J connectivity index is 4.31. The van der Waals surface area contributed by atoms with E-state index in [4.69, 9.17) is 14.2 Å². The van der Waals surface area contributed by atoms with Crippen molar-refractivity contribution in [3.63, 3.8) is 0 Å². The lowest BCUT2D eigenvalue weighted by Crippen LogP contribution is -2.30. The van der Waals surface area contributed by atoms with Crippen molar-refractivity contribution in [1.29, 1.82) is 0 Å². The lowest BCUT2D eigenvalue weighted by molar-refractivity contribution is -0.167. The Hall–Kier alpha value is -2.37. The Morgan fingerprint density at radius 3 is 0.922 bits per heavy atom. The van der Waals surface area contributed by atoms with Crippen LogP contribution in [0.5, 0.6) is 0 Å². The van der Waals surface area contributed by atoms with Crippen LogP contribution in [0, 0.1) is 0 Å².